The normalized spacial score (nSPS) is 16.4. The first-order chi connectivity index (χ1) is 8.59. The van der Waals surface area contributed by atoms with Gasteiger partial charge in [-0.2, -0.15) is 4.98 Å². The van der Waals surface area contributed by atoms with E-state index in [-0.39, 0.29) is 12.1 Å². The lowest BCUT2D eigenvalue weighted by Crippen LogP contribution is -2.24. The van der Waals surface area contributed by atoms with E-state index in [0.29, 0.717) is 11.7 Å². The average Bonchev–Trinajstić information content (AvgIpc) is 2.89. The van der Waals surface area contributed by atoms with Gasteiger partial charge in [0, 0.05) is 6.42 Å². The molecule has 1 aliphatic heterocycles. The predicted octanol–water partition coefficient (Wildman–Crippen LogP) is 1.91. The Balaban J connectivity index is 2.07. The van der Waals surface area contributed by atoms with E-state index in [0.717, 1.165) is 17.7 Å². The van der Waals surface area contributed by atoms with E-state index in [4.69, 9.17) is 15.0 Å². The second-order valence-corrected chi connectivity index (χ2v) is 5.05. The molecule has 94 valence electrons. The smallest absolute Gasteiger partial charge is 0.240 e. The fourth-order valence-corrected chi connectivity index (χ4v) is 2.24. The van der Waals surface area contributed by atoms with Crippen LogP contribution in [0.25, 0.3) is 11.4 Å². The summed E-state index contributed by atoms with van der Waals surface area (Å²) in [4.78, 5) is 4.24. The maximum Gasteiger partial charge on any atom is 0.240 e. The zero-order chi connectivity index (χ0) is 12.8. The minimum atomic E-state index is -0.182. The van der Waals surface area contributed by atoms with E-state index in [1.807, 2.05) is 12.1 Å². The number of benzene rings is 1. The van der Waals surface area contributed by atoms with Gasteiger partial charge in [0.05, 0.1) is 12.1 Å². The van der Waals surface area contributed by atoms with Crippen LogP contribution in [-0.2, 0) is 13.0 Å². The largest absolute Gasteiger partial charge is 0.486 e. The Morgan fingerprint density at radius 3 is 2.94 bits per heavy atom. The molecular formula is C13H15N3O2. The molecule has 2 heterocycles. The number of nitrogens with zero attached hydrogens (tertiary/aromatic N) is 2. The number of nitrogens with two attached hydrogens (primary N) is 1. The first kappa shape index (κ1) is 11.2. The van der Waals surface area contributed by atoms with Gasteiger partial charge >= 0.3 is 0 Å². The Morgan fingerprint density at radius 2 is 2.22 bits per heavy atom. The van der Waals surface area contributed by atoms with E-state index in [2.05, 4.69) is 30.1 Å². The molecule has 2 aromatic rings. The minimum Gasteiger partial charge on any atom is -0.486 e. The molecule has 0 aliphatic carbocycles. The summed E-state index contributed by atoms with van der Waals surface area (Å²) in [5, 5.41) is 3.94. The van der Waals surface area contributed by atoms with Gasteiger partial charge in [-0.05, 0) is 25.5 Å². The second-order valence-electron chi connectivity index (χ2n) is 5.05. The van der Waals surface area contributed by atoms with E-state index < -0.39 is 0 Å². The first-order valence-corrected chi connectivity index (χ1v) is 5.93. The van der Waals surface area contributed by atoms with Crippen molar-refractivity contribution in [2.24, 2.45) is 5.73 Å². The molecule has 0 saturated carbocycles. The lowest BCUT2D eigenvalue weighted by Gasteiger charge is -2.17. The van der Waals surface area contributed by atoms with Crippen LogP contribution in [0, 0.1) is 0 Å². The number of aromatic nitrogens is 2. The van der Waals surface area contributed by atoms with Crippen molar-refractivity contribution in [1.82, 2.24) is 10.1 Å². The molecule has 0 bridgehead atoms. The van der Waals surface area contributed by atoms with Gasteiger partial charge in [0.1, 0.15) is 11.4 Å². The van der Waals surface area contributed by atoms with Crippen LogP contribution in [0.1, 0.15) is 25.3 Å². The topological polar surface area (TPSA) is 74.2 Å². The number of hydrogen-bond acceptors (Lipinski definition) is 5. The Kier molecular flexibility index (Phi) is 2.38. The third-order valence-corrected chi connectivity index (χ3v) is 2.97. The van der Waals surface area contributed by atoms with E-state index in [1.165, 1.54) is 5.56 Å². The molecule has 0 atom stereocenters. The summed E-state index contributed by atoms with van der Waals surface area (Å²) < 4.78 is 11.0. The van der Waals surface area contributed by atoms with E-state index >= 15 is 0 Å². The maximum absolute atomic E-state index is 5.97. The highest BCUT2D eigenvalue weighted by Crippen LogP contribution is 2.41. The van der Waals surface area contributed by atoms with Crippen LogP contribution >= 0.6 is 0 Å². The lowest BCUT2D eigenvalue weighted by molar-refractivity contribution is 0.139. The number of hydrogen-bond donors (Lipinski definition) is 1. The van der Waals surface area contributed by atoms with Crippen molar-refractivity contribution in [2.75, 3.05) is 0 Å². The molecule has 2 N–H and O–H groups in total. The van der Waals surface area contributed by atoms with Crippen molar-refractivity contribution in [1.29, 1.82) is 0 Å². The number of fused-ring (bicyclic) bond motifs is 1. The highest BCUT2D eigenvalue weighted by molar-refractivity contribution is 5.67. The monoisotopic (exact) mass is 245 g/mol. The van der Waals surface area contributed by atoms with E-state index in [1.54, 1.807) is 0 Å². The molecule has 1 aromatic heterocycles. The van der Waals surface area contributed by atoms with Crippen molar-refractivity contribution < 1.29 is 9.26 Å². The zero-order valence-electron chi connectivity index (χ0n) is 10.4. The van der Waals surface area contributed by atoms with Gasteiger partial charge in [-0.15, -0.1) is 0 Å². The van der Waals surface area contributed by atoms with Gasteiger partial charge in [0.2, 0.25) is 11.7 Å². The molecule has 0 spiro atoms. The Morgan fingerprint density at radius 1 is 1.39 bits per heavy atom. The molecule has 5 heteroatoms. The summed E-state index contributed by atoms with van der Waals surface area (Å²) in [6.07, 6.45) is 0.887. The molecule has 1 aromatic carbocycles. The highest BCUT2D eigenvalue weighted by Gasteiger charge is 2.32. The van der Waals surface area contributed by atoms with Crippen LogP contribution in [-0.4, -0.2) is 15.7 Å². The van der Waals surface area contributed by atoms with Gasteiger partial charge in [-0.25, -0.2) is 0 Å². The van der Waals surface area contributed by atoms with E-state index in [9.17, 15) is 0 Å². The fraction of sp³-hybridized carbons (Fsp3) is 0.385. The molecule has 18 heavy (non-hydrogen) atoms. The lowest BCUT2D eigenvalue weighted by atomic mass is 10.0. The summed E-state index contributed by atoms with van der Waals surface area (Å²) in [6, 6.07) is 5.99. The van der Waals surface area contributed by atoms with Crippen LogP contribution < -0.4 is 10.5 Å². The number of rotatable bonds is 2. The molecule has 1 aliphatic rings. The molecular weight excluding hydrogens is 230 g/mol. The number of ether oxygens (including phenoxy) is 1. The predicted molar refractivity (Wildman–Crippen MR) is 66.0 cm³/mol. The quantitative estimate of drug-likeness (QED) is 0.874. The van der Waals surface area contributed by atoms with Crippen LogP contribution in [0.2, 0.25) is 0 Å². The van der Waals surface area contributed by atoms with Crippen molar-refractivity contribution >= 4 is 0 Å². The summed E-state index contributed by atoms with van der Waals surface area (Å²) in [5.74, 6) is 1.82. The number of para-hydroxylation sites is 1. The SMILES string of the molecule is CC1(C)Cc2cccc(-c3noc(CN)n3)c2O1. The van der Waals surface area contributed by atoms with Crippen LogP contribution in [0.4, 0.5) is 0 Å². The van der Waals surface area contributed by atoms with Gasteiger partial charge < -0.3 is 15.0 Å². The first-order valence-electron chi connectivity index (χ1n) is 5.93. The molecule has 5 nitrogen and oxygen atoms in total. The van der Waals surface area contributed by atoms with Crippen LogP contribution in [0.3, 0.4) is 0 Å². The maximum atomic E-state index is 5.97. The van der Waals surface area contributed by atoms with Crippen LogP contribution in [0.15, 0.2) is 22.7 Å². The average molecular weight is 245 g/mol. The molecule has 0 amide bonds. The third kappa shape index (κ3) is 1.76. The van der Waals surface area contributed by atoms with Crippen molar-refractivity contribution in [3.05, 3.63) is 29.7 Å². The molecule has 0 unspecified atom stereocenters. The van der Waals surface area contributed by atoms with Crippen molar-refractivity contribution in [3.63, 3.8) is 0 Å². The minimum absolute atomic E-state index is 0.182. The summed E-state index contributed by atoms with van der Waals surface area (Å²) in [7, 11) is 0. The van der Waals surface area contributed by atoms with Crippen molar-refractivity contribution in [2.45, 2.75) is 32.4 Å². The van der Waals surface area contributed by atoms with Gasteiger partial charge in [-0.1, -0.05) is 17.3 Å². The van der Waals surface area contributed by atoms with Crippen LogP contribution in [0.5, 0.6) is 5.75 Å². The third-order valence-electron chi connectivity index (χ3n) is 2.97. The summed E-state index contributed by atoms with van der Waals surface area (Å²) >= 11 is 0. The van der Waals surface area contributed by atoms with Gasteiger partial charge in [0.15, 0.2) is 0 Å². The molecule has 3 rings (SSSR count). The fourth-order valence-electron chi connectivity index (χ4n) is 2.24. The second kappa shape index (κ2) is 3.81. The highest BCUT2D eigenvalue weighted by atomic mass is 16.5. The molecule has 0 radical (unpaired) electrons. The standard InChI is InChI=1S/C13H15N3O2/c1-13(2)6-8-4-3-5-9(11(8)17-13)12-15-10(7-14)18-16-12/h3-5H,6-7,14H2,1-2H3. The van der Waals surface area contributed by atoms with Crippen molar-refractivity contribution in [3.8, 4) is 17.1 Å². The zero-order valence-corrected chi connectivity index (χ0v) is 10.4. The Labute approximate surface area is 105 Å². The van der Waals surface area contributed by atoms with Gasteiger partial charge in [0.25, 0.3) is 0 Å². The summed E-state index contributed by atoms with van der Waals surface area (Å²) in [5.41, 5.74) is 7.33. The Hall–Kier alpha value is -1.88. The molecule has 0 saturated heterocycles. The van der Waals surface area contributed by atoms with Gasteiger partial charge in [-0.3, -0.25) is 0 Å². The Bertz CT molecular complexity index is 590. The summed E-state index contributed by atoms with van der Waals surface area (Å²) in [6.45, 7) is 4.38. The molecule has 0 fully saturated rings.